The van der Waals surface area contributed by atoms with Crippen LogP contribution in [0.15, 0.2) is 17.5 Å². The molecule has 21 heavy (non-hydrogen) atoms. The molecule has 1 unspecified atom stereocenters. The predicted molar refractivity (Wildman–Crippen MR) is 85.2 cm³/mol. The van der Waals surface area contributed by atoms with Crippen molar-refractivity contribution in [3.8, 4) is 0 Å². The minimum Gasteiger partial charge on any atom is -0.481 e. The second-order valence-corrected chi connectivity index (χ2v) is 7.48. The molecule has 3 rings (SSSR count). The summed E-state index contributed by atoms with van der Waals surface area (Å²) < 4.78 is 2.34. The number of carbonyl (C=O) groups excluding carboxylic acids is 1. The molecule has 3 heterocycles. The number of carbonyl (C=O) groups is 2. The molecule has 1 aliphatic rings. The van der Waals surface area contributed by atoms with Crippen LogP contribution < -0.4 is 0 Å². The molecule has 2 aromatic rings. The van der Waals surface area contributed by atoms with E-state index in [9.17, 15) is 9.59 Å². The summed E-state index contributed by atoms with van der Waals surface area (Å²) in [5.41, 5.74) is 0. The van der Waals surface area contributed by atoms with Crippen LogP contribution in [-0.4, -0.2) is 35.0 Å². The molecule has 6 heteroatoms. The van der Waals surface area contributed by atoms with Gasteiger partial charge in [0.15, 0.2) is 0 Å². The summed E-state index contributed by atoms with van der Waals surface area (Å²) in [6.45, 7) is 1.48. The average molecular weight is 323 g/mol. The minimum absolute atomic E-state index is 0.100. The summed E-state index contributed by atoms with van der Waals surface area (Å²) in [5, 5.41) is 10.8. The standard InChI is InChI=1S/C15H17NO3S2/c17-14(18)4-3-10-2-1-6-16(9-10)15(19)13-8-12-11(21-13)5-7-20-12/h5,7-8,10H,1-4,6,9H2,(H,17,18). The van der Waals surface area contributed by atoms with Crippen molar-refractivity contribution >= 4 is 43.9 Å². The molecule has 1 aliphatic heterocycles. The number of aliphatic carboxylic acids is 1. The third kappa shape index (κ3) is 3.27. The molecule has 0 bridgehead atoms. The molecule has 1 N–H and O–H groups in total. The van der Waals surface area contributed by atoms with E-state index in [1.807, 2.05) is 22.4 Å². The van der Waals surface area contributed by atoms with Gasteiger partial charge in [0.2, 0.25) is 0 Å². The van der Waals surface area contributed by atoms with Crippen molar-refractivity contribution in [1.82, 2.24) is 4.90 Å². The maximum Gasteiger partial charge on any atom is 0.303 e. The van der Waals surface area contributed by atoms with Gasteiger partial charge in [-0.05, 0) is 42.7 Å². The topological polar surface area (TPSA) is 57.6 Å². The quantitative estimate of drug-likeness (QED) is 0.934. The number of carboxylic acid groups (broad SMARTS) is 1. The summed E-state index contributed by atoms with van der Waals surface area (Å²) >= 11 is 3.21. The number of piperidine rings is 1. The monoisotopic (exact) mass is 323 g/mol. The van der Waals surface area contributed by atoms with E-state index < -0.39 is 5.97 Å². The zero-order chi connectivity index (χ0) is 14.8. The van der Waals surface area contributed by atoms with Crippen molar-refractivity contribution in [1.29, 1.82) is 0 Å². The molecular weight excluding hydrogens is 306 g/mol. The highest BCUT2D eigenvalue weighted by Crippen LogP contribution is 2.31. The highest BCUT2D eigenvalue weighted by Gasteiger charge is 2.25. The third-order valence-electron chi connectivity index (χ3n) is 3.92. The zero-order valence-corrected chi connectivity index (χ0v) is 13.2. The smallest absolute Gasteiger partial charge is 0.303 e. The Kier molecular flexibility index (Phi) is 4.26. The summed E-state index contributed by atoms with van der Waals surface area (Å²) in [7, 11) is 0. The molecule has 4 nitrogen and oxygen atoms in total. The summed E-state index contributed by atoms with van der Waals surface area (Å²) in [6.07, 6.45) is 2.85. The molecule has 1 amide bonds. The van der Waals surface area contributed by atoms with Gasteiger partial charge < -0.3 is 10.0 Å². The van der Waals surface area contributed by atoms with Crippen molar-refractivity contribution in [3.63, 3.8) is 0 Å². The average Bonchev–Trinajstić information content (AvgIpc) is 3.06. The number of nitrogens with zero attached hydrogens (tertiary/aromatic N) is 1. The Balaban J connectivity index is 1.66. The van der Waals surface area contributed by atoms with Crippen molar-refractivity contribution in [2.45, 2.75) is 25.7 Å². The SMILES string of the molecule is O=C(O)CCC1CCCN(C(=O)c2cc3sccc3s2)C1. The maximum absolute atomic E-state index is 12.6. The lowest BCUT2D eigenvalue weighted by atomic mass is 9.93. The summed E-state index contributed by atoms with van der Waals surface area (Å²) in [5.74, 6) is -0.333. The van der Waals surface area contributed by atoms with E-state index in [1.165, 1.54) is 9.40 Å². The number of hydrogen-bond donors (Lipinski definition) is 1. The van der Waals surface area contributed by atoms with Crippen LogP contribution in [0.2, 0.25) is 0 Å². The molecule has 1 atom stereocenters. The Hall–Kier alpha value is -1.40. The fourth-order valence-corrected chi connectivity index (χ4v) is 4.92. The third-order valence-corrected chi connectivity index (χ3v) is 6.00. The first-order valence-electron chi connectivity index (χ1n) is 7.11. The van der Waals surface area contributed by atoms with Gasteiger partial charge in [-0.2, -0.15) is 0 Å². The molecule has 0 saturated carbocycles. The van der Waals surface area contributed by atoms with E-state index >= 15 is 0 Å². The normalized spacial score (nSPS) is 19.0. The second kappa shape index (κ2) is 6.15. The molecule has 0 aromatic carbocycles. The maximum atomic E-state index is 12.6. The summed E-state index contributed by atoms with van der Waals surface area (Å²) in [4.78, 5) is 25.9. The molecule has 1 fully saturated rings. The van der Waals surface area contributed by atoms with Gasteiger partial charge in [0.25, 0.3) is 5.91 Å². The fourth-order valence-electron chi connectivity index (χ4n) is 2.84. The Morgan fingerprint density at radius 3 is 3.00 bits per heavy atom. The van der Waals surface area contributed by atoms with E-state index in [0.29, 0.717) is 18.9 Å². The number of thiophene rings is 2. The Morgan fingerprint density at radius 2 is 2.24 bits per heavy atom. The molecule has 1 saturated heterocycles. The first-order chi connectivity index (χ1) is 10.1. The van der Waals surface area contributed by atoms with E-state index in [2.05, 4.69) is 0 Å². The van der Waals surface area contributed by atoms with Crippen molar-refractivity contribution < 1.29 is 14.7 Å². The number of carboxylic acids is 1. The minimum atomic E-state index is -0.753. The fraction of sp³-hybridized carbons (Fsp3) is 0.467. The van der Waals surface area contributed by atoms with Crippen LogP contribution in [0.4, 0.5) is 0 Å². The number of fused-ring (bicyclic) bond motifs is 1. The molecule has 2 aromatic heterocycles. The second-order valence-electron chi connectivity index (χ2n) is 5.45. The van der Waals surface area contributed by atoms with Gasteiger partial charge in [-0.15, -0.1) is 22.7 Å². The first-order valence-corrected chi connectivity index (χ1v) is 8.81. The molecule has 0 aliphatic carbocycles. The van der Waals surface area contributed by atoms with Gasteiger partial charge in [0.05, 0.1) is 4.88 Å². The Morgan fingerprint density at radius 1 is 1.38 bits per heavy atom. The first kappa shape index (κ1) is 14.5. The van der Waals surface area contributed by atoms with Crippen LogP contribution in [0, 0.1) is 5.92 Å². The van der Waals surface area contributed by atoms with Gasteiger partial charge >= 0.3 is 5.97 Å². The highest BCUT2D eigenvalue weighted by atomic mass is 32.1. The van der Waals surface area contributed by atoms with Crippen LogP contribution >= 0.6 is 22.7 Å². The molecule has 112 valence electrons. The van der Waals surface area contributed by atoms with Gasteiger partial charge in [-0.3, -0.25) is 9.59 Å². The number of rotatable bonds is 4. The van der Waals surface area contributed by atoms with Gasteiger partial charge in [0.1, 0.15) is 0 Å². The number of amides is 1. The Labute approximate surface area is 131 Å². The lowest BCUT2D eigenvalue weighted by molar-refractivity contribution is -0.137. The van der Waals surface area contributed by atoms with E-state index in [-0.39, 0.29) is 12.3 Å². The van der Waals surface area contributed by atoms with E-state index in [0.717, 1.165) is 24.3 Å². The van der Waals surface area contributed by atoms with Gasteiger partial charge in [0, 0.05) is 28.9 Å². The summed E-state index contributed by atoms with van der Waals surface area (Å²) in [6, 6.07) is 4.03. The lowest BCUT2D eigenvalue weighted by Crippen LogP contribution is -2.39. The molecule has 0 spiro atoms. The van der Waals surface area contributed by atoms with Crippen molar-refractivity contribution in [3.05, 3.63) is 22.4 Å². The number of hydrogen-bond acceptors (Lipinski definition) is 4. The highest BCUT2D eigenvalue weighted by molar-refractivity contribution is 7.27. The lowest BCUT2D eigenvalue weighted by Gasteiger charge is -2.32. The van der Waals surface area contributed by atoms with Gasteiger partial charge in [-0.1, -0.05) is 0 Å². The van der Waals surface area contributed by atoms with Crippen LogP contribution in [-0.2, 0) is 4.79 Å². The van der Waals surface area contributed by atoms with Crippen LogP contribution in [0.25, 0.3) is 9.40 Å². The van der Waals surface area contributed by atoms with Gasteiger partial charge in [-0.25, -0.2) is 0 Å². The van der Waals surface area contributed by atoms with Crippen molar-refractivity contribution in [2.75, 3.05) is 13.1 Å². The van der Waals surface area contributed by atoms with Crippen LogP contribution in [0.3, 0.4) is 0 Å². The molecule has 0 radical (unpaired) electrons. The van der Waals surface area contributed by atoms with E-state index in [1.54, 1.807) is 22.7 Å². The molecular formula is C15H17NO3S2. The zero-order valence-electron chi connectivity index (χ0n) is 11.6. The van der Waals surface area contributed by atoms with E-state index in [4.69, 9.17) is 5.11 Å². The van der Waals surface area contributed by atoms with Crippen molar-refractivity contribution in [2.24, 2.45) is 5.92 Å². The number of likely N-dealkylation sites (tertiary alicyclic amines) is 1. The van der Waals surface area contributed by atoms with Crippen LogP contribution in [0.1, 0.15) is 35.4 Å². The van der Waals surface area contributed by atoms with Crippen LogP contribution in [0.5, 0.6) is 0 Å². The Bertz CT molecular complexity index is 632. The predicted octanol–water partition coefficient (Wildman–Crippen LogP) is 3.68. The largest absolute Gasteiger partial charge is 0.481 e.